The second-order valence-electron chi connectivity index (χ2n) is 17.1. The van der Waals surface area contributed by atoms with Crippen molar-refractivity contribution in [1.82, 2.24) is 40.4 Å². The Bertz CT molecular complexity index is 2270. The van der Waals surface area contributed by atoms with Crippen LogP contribution in [-0.2, 0) is 24.5 Å². The molecule has 60 heavy (non-hydrogen) atoms. The van der Waals surface area contributed by atoms with E-state index in [1.807, 2.05) is 65.9 Å². The van der Waals surface area contributed by atoms with Crippen molar-refractivity contribution in [2.75, 3.05) is 27.3 Å². The average molecular weight is 827 g/mol. The predicted octanol–water partition coefficient (Wildman–Crippen LogP) is 7.52. The quantitative estimate of drug-likeness (QED) is 0.126. The Kier molecular flexibility index (Phi) is 11.9. The van der Waals surface area contributed by atoms with E-state index in [1.54, 1.807) is 22.1 Å². The lowest BCUT2D eigenvalue weighted by Gasteiger charge is -2.37. The first kappa shape index (κ1) is 42.2. The van der Waals surface area contributed by atoms with Gasteiger partial charge in [0.2, 0.25) is 11.8 Å². The molecule has 4 amide bonds. The number of amides is 4. The third-order valence-corrected chi connectivity index (χ3v) is 12.1. The Hall–Kier alpha value is -5.93. The fourth-order valence-electron chi connectivity index (χ4n) is 8.71. The van der Waals surface area contributed by atoms with E-state index >= 15 is 4.39 Å². The molecule has 0 spiro atoms. The number of rotatable bonds is 10. The summed E-state index contributed by atoms with van der Waals surface area (Å²) in [6.07, 6.45) is 6.01. The van der Waals surface area contributed by atoms with E-state index in [9.17, 15) is 19.2 Å². The number of piperidine rings is 1. The maximum absolute atomic E-state index is 16.2. The first-order chi connectivity index (χ1) is 28.6. The van der Waals surface area contributed by atoms with E-state index in [0.717, 1.165) is 36.8 Å². The van der Waals surface area contributed by atoms with Gasteiger partial charge in [0.1, 0.15) is 41.0 Å². The highest BCUT2D eigenvalue weighted by molar-refractivity contribution is 5.87. The molecule has 16 heteroatoms. The summed E-state index contributed by atoms with van der Waals surface area (Å²) in [5, 5.41) is 5.37. The molecule has 4 N–H and O–H groups in total. The van der Waals surface area contributed by atoms with Crippen LogP contribution in [0.3, 0.4) is 0 Å². The molecule has 5 heterocycles. The molecule has 0 bridgehead atoms. The molecule has 15 nitrogen and oxygen atoms in total. The normalized spacial score (nSPS) is 19.2. The number of aromatic nitrogens is 4. The molecule has 0 saturated carbocycles. The number of halogens is 1. The van der Waals surface area contributed by atoms with E-state index in [-0.39, 0.29) is 41.3 Å². The molecule has 320 valence electrons. The second-order valence-corrected chi connectivity index (χ2v) is 17.1. The first-order valence-corrected chi connectivity index (χ1v) is 20.7. The number of fused-ring (bicyclic) bond motifs is 2. The number of ether oxygens (including phenoxy) is 3. The van der Waals surface area contributed by atoms with Crippen LogP contribution in [0.5, 0.6) is 11.5 Å². The molecular formula is C44H55FN8O7. The number of methoxy groups -OCH3 is 2. The smallest absolute Gasteiger partial charge is 0.407 e. The number of likely N-dealkylation sites (tertiary alicyclic amines) is 2. The monoisotopic (exact) mass is 826 g/mol. The summed E-state index contributed by atoms with van der Waals surface area (Å²) in [5.41, 5.74) is 3.15. The van der Waals surface area contributed by atoms with Gasteiger partial charge in [-0.25, -0.2) is 23.9 Å². The summed E-state index contributed by atoms with van der Waals surface area (Å²) < 4.78 is 32.2. The minimum atomic E-state index is -0.770. The number of H-pyrrole nitrogens is 2. The van der Waals surface area contributed by atoms with E-state index in [0.29, 0.717) is 59.6 Å². The number of alkyl carbamates (subject to hydrolysis) is 2. The largest absolute Gasteiger partial charge is 0.457 e. The fraction of sp³-hybridized carbons (Fsp3) is 0.500. The minimum absolute atomic E-state index is 0.148. The lowest BCUT2D eigenvalue weighted by molar-refractivity contribution is -0.138. The summed E-state index contributed by atoms with van der Waals surface area (Å²) in [7, 11) is 2.54. The van der Waals surface area contributed by atoms with Gasteiger partial charge in [0.05, 0.1) is 43.9 Å². The summed E-state index contributed by atoms with van der Waals surface area (Å²) >= 11 is 0. The SMILES string of the molecule is COC(=O)N[C@H](C(=O)N1CCCCC1c1nc(-c2ccc3c(c2)C(C)(C)c2cc(F)c(-c4cnc([C@@H]5CCCN5C(=O)[C@@H](NC(=O)OC)C(C)C)[nH]4)cc2O3)c[nH]1)C(C)C. The van der Waals surface area contributed by atoms with Crippen LogP contribution in [0.1, 0.15) is 109 Å². The number of hydrogen-bond donors (Lipinski definition) is 4. The standard InChI is InChI=1S/C44H55FN8O7/c1-23(2)36(50-42(56)58-7)40(54)52-16-10-9-12-32(52)38-46-21-30(48-38)25-14-15-34-27(18-25)44(5,6)28-20-29(45)26(19-35(28)60-34)31-22-47-39(49-31)33-13-11-17-53(33)41(55)37(24(3)4)51-43(57)59-8/h14-15,18-24,32-33,36-37H,9-13,16-17H2,1-8H3,(H,46,48)(H,47,49)(H,50,56)(H,51,57)/t32?,33-,36-,37-/m0/s1. The molecule has 2 saturated heterocycles. The maximum atomic E-state index is 16.2. The summed E-state index contributed by atoms with van der Waals surface area (Å²) in [6, 6.07) is 6.88. The van der Waals surface area contributed by atoms with E-state index < -0.39 is 35.5 Å². The fourth-order valence-corrected chi connectivity index (χ4v) is 8.71. The number of aromatic amines is 2. The van der Waals surface area contributed by atoms with Crippen LogP contribution in [0.25, 0.3) is 22.5 Å². The first-order valence-electron chi connectivity index (χ1n) is 20.7. The Balaban J connectivity index is 1.11. The van der Waals surface area contributed by atoms with Gasteiger partial charge in [0.25, 0.3) is 0 Å². The van der Waals surface area contributed by atoms with E-state index in [2.05, 4.69) is 25.6 Å². The number of carbonyl (C=O) groups is 4. The molecule has 0 aliphatic carbocycles. The van der Waals surface area contributed by atoms with Crippen molar-refractivity contribution in [3.8, 4) is 34.0 Å². The third kappa shape index (κ3) is 8.03. The van der Waals surface area contributed by atoms with Crippen molar-refractivity contribution in [1.29, 1.82) is 0 Å². The molecule has 4 aromatic rings. The molecule has 3 aliphatic rings. The molecule has 2 aromatic carbocycles. The van der Waals surface area contributed by atoms with Crippen LogP contribution >= 0.6 is 0 Å². The van der Waals surface area contributed by atoms with Gasteiger partial charge in [0, 0.05) is 47.0 Å². The third-order valence-electron chi connectivity index (χ3n) is 12.1. The van der Waals surface area contributed by atoms with Crippen LogP contribution < -0.4 is 15.4 Å². The highest BCUT2D eigenvalue weighted by Gasteiger charge is 2.40. The van der Waals surface area contributed by atoms with Crippen LogP contribution in [0.4, 0.5) is 14.0 Å². The van der Waals surface area contributed by atoms with Gasteiger partial charge in [-0.05, 0) is 74.3 Å². The Morgan fingerprint density at radius 2 is 1.43 bits per heavy atom. The van der Waals surface area contributed by atoms with Gasteiger partial charge < -0.3 is 44.6 Å². The Morgan fingerprint density at radius 3 is 2.07 bits per heavy atom. The Morgan fingerprint density at radius 1 is 0.833 bits per heavy atom. The van der Waals surface area contributed by atoms with Crippen LogP contribution in [0.15, 0.2) is 42.7 Å². The highest BCUT2D eigenvalue weighted by atomic mass is 19.1. The van der Waals surface area contributed by atoms with Crippen LogP contribution in [-0.4, -0.2) is 93.1 Å². The molecule has 3 aliphatic heterocycles. The number of imidazole rings is 2. The maximum Gasteiger partial charge on any atom is 0.407 e. The number of nitrogens with one attached hydrogen (secondary N) is 4. The zero-order valence-electron chi connectivity index (χ0n) is 35.5. The summed E-state index contributed by atoms with van der Waals surface area (Å²) in [5.74, 6) is 1.18. The summed E-state index contributed by atoms with van der Waals surface area (Å²) in [6.45, 7) is 12.6. The van der Waals surface area contributed by atoms with Crippen LogP contribution in [0, 0.1) is 17.7 Å². The van der Waals surface area contributed by atoms with Gasteiger partial charge >= 0.3 is 12.2 Å². The molecule has 4 atom stereocenters. The van der Waals surface area contributed by atoms with E-state index in [4.69, 9.17) is 19.2 Å². The number of benzene rings is 2. The number of hydrogen-bond acceptors (Lipinski definition) is 9. The lowest BCUT2D eigenvalue weighted by atomic mass is 9.75. The van der Waals surface area contributed by atoms with Gasteiger partial charge in [0.15, 0.2) is 0 Å². The molecule has 0 radical (unpaired) electrons. The Labute approximate surface area is 349 Å². The van der Waals surface area contributed by atoms with Crippen molar-refractivity contribution in [2.45, 2.75) is 103 Å². The van der Waals surface area contributed by atoms with E-state index in [1.165, 1.54) is 20.3 Å². The van der Waals surface area contributed by atoms with Gasteiger partial charge in [-0.15, -0.1) is 0 Å². The second kappa shape index (κ2) is 17.0. The molecule has 2 fully saturated rings. The molecule has 1 unspecified atom stereocenters. The molecular weight excluding hydrogens is 772 g/mol. The number of nitrogens with zero attached hydrogens (tertiary/aromatic N) is 4. The predicted molar refractivity (Wildman–Crippen MR) is 221 cm³/mol. The lowest BCUT2D eigenvalue weighted by Crippen LogP contribution is -2.53. The van der Waals surface area contributed by atoms with Crippen molar-refractivity contribution >= 4 is 24.0 Å². The minimum Gasteiger partial charge on any atom is -0.457 e. The van der Waals surface area contributed by atoms with Crippen molar-refractivity contribution in [2.24, 2.45) is 11.8 Å². The van der Waals surface area contributed by atoms with Gasteiger partial charge in [-0.1, -0.05) is 41.5 Å². The van der Waals surface area contributed by atoms with Crippen molar-refractivity contribution in [3.63, 3.8) is 0 Å². The van der Waals surface area contributed by atoms with Crippen molar-refractivity contribution < 1.29 is 37.8 Å². The zero-order chi connectivity index (χ0) is 43.0. The highest BCUT2D eigenvalue weighted by Crippen LogP contribution is 2.50. The van der Waals surface area contributed by atoms with Gasteiger partial charge in [-0.3, -0.25) is 9.59 Å². The summed E-state index contributed by atoms with van der Waals surface area (Å²) in [4.78, 5) is 71.3. The average Bonchev–Trinajstić information content (AvgIpc) is 4.03. The zero-order valence-corrected chi connectivity index (χ0v) is 35.5. The van der Waals surface area contributed by atoms with Gasteiger partial charge in [-0.2, -0.15) is 0 Å². The topological polar surface area (TPSA) is 184 Å². The van der Waals surface area contributed by atoms with Crippen LogP contribution in [0.2, 0.25) is 0 Å². The molecule has 2 aromatic heterocycles. The van der Waals surface area contributed by atoms with Crippen molar-refractivity contribution in [3.05, 3.63) is 71.3 Å². The molecule has 7 rings (SSSR count). The number of carbonyl (C=O) groups excluding carboxylic acids is 4.